The molecule has 2 rings (SSSR count). The molecule has 1 aromatic rings. The van der Waals surface area contributed by atoms with Gasteiger partial charge in [-0.15, -0.1) is 0 Å². The van der Waals surface area contributed by atoms with E-state index in [9.17, 15) is 18.0 Å². The van der Waals surface area contributed by atoms with Gasteiger partial charge < -0.3 is 10.4 Å². The Morgan fingerprint density at radius 3 is 2.40 bits per heavy atom. The third kappa shape index (κ3) is 3.34. The number of benzene rings is 1. The van der Waals surface area contributed by atoms with Crippen LogP contribution in [0.15, 0.2) is 24.3 Å². The third-order valence-electron chi connectivity index (χ3n) is 2.94. The summed E-state index contributed by atoms with van der Waals surface area (Å²) < 4.78 is 24.2. The number of anilines is 1. The van der Waals surface area contributed by atoms with Crippen molar-refractivity contribution in [3.63, 3.8) is 0 Å². The van der Waals surface area contributed by atoms with Crippen molar-refractivity contribution in [2.24, 2.45) is 0 Å². The Bertz CT molecular complexity index is 624. The molecule has 2 N–H and O–H groups in total. The van der Waals surface area contributed by atoms with Gasteiger partial charge in [-0.3, -0.25) is 4.79 Å². The molecule has 1 amide bonds. The lowest BCUT2D eigenvalue weighted by atomic mass is 10.2. The molecule has 1 fully saturated rings. The number of carbonyl (C=O) groups is 2. The number of hydrogen-bond donors (Lipinski definition) is 2. The van der Waals surface area contributed by atoms with Crippen molar-refractivity contribution in [3.8, 4) is 0 Å². The van der Waals surface area contributed by atoms with Gasteiger partial charge >= 0.3 is 5.97 Å². The van der Waals surface area contributed by atoms with Crippen molar-refractivity contribution < 1.29 is 23.1 Å². The number of amides is 1. The zero-order valence-corrected chi connectivity index (χ0v) is 11.4. The van der Waals surface area contributed by atoms with Crippen LogP contribution >= 0.6 is 0 Å². The van der Waals surface area contributed by atoms with Crippen LogP contribution in [0.5, 0.6) is 0 Å². The molecule has 8 heteroatoms. The van der Waals surface area contributed by atoms with Crippen LogP contribution in [0.4, 0.5) is 5.69 Å². The first-order chi connectivity index (χ1) is 9.38. The molecule has 0 radical (unpaired) electrons. The van der Waals surface area contributed by atoms with Gasteiger partial charge in [0, 0.05) is 12.2 Å². The quantitative estimate of drug-likeness (QED) is 0.835. The lowest BCUT2D eigenvalue weighted by Crippen LogP contribution is -2.34. The SMILES string of the molecule is O=C(CN1CCCS1(=O)=O)Nc1ccc(C(=O)O)cc1. The van der Waals surface area contributed by atoms with Crippen LogP contribution in [0, 0.1) is 0 Å². The number of rotatable bonds is 4. The highest BCUT2D eigenvalue weighted by atomic mass is 32.2. The zero-order chi connectivity index (χ0) is 14.8. The fourth-order valence-corrected chi connectivity index (χ4v) is 3.40. The molecule has 1 aromatic carbocycles. The van der Waals surface area contributed by atoms with E-state index in [1.54, 1.807) is 0 Å². The second-order valence-electron chi connectivity index (χ2n) is 4.43. The van der Waals surface area contributed by atoms with Crippen LogP contribution in [0.2, 0.25) is 0 Å². The minimum Gasteiger partial charge on any atom is -0.478 e. The number of carbonyl (C=O) groups excluding carboxylic acids is 1. The van der Waals surface area contributed by atoms with Crippen molar-refractivity contribution in [3.05, 3.63) is 29.8 Å². The van der Waals surface area contributed by atoms with Crippen molar-refractivity contribution in [1.82, 2.24) is 4.31 Å². The van der Waals surface area contributed by atoms with E-state index in [1.807, 2.05) is 0 Å². The summed E-state index contributed by atoms with van der Waals surface area (Å²) in [4.78, 5) is 22.4. The Morgan fingerprint density at radius 2 is 1.90 bits per heavy atom. The standard InChI is InChI=1S/C12H14N2O5S/c15-11(8-14-6-1-7-20(14,18)19)13-10-4-2-9(3-5-10)12(16)17/h2-5H,1,6-8H2,(H,13,15)(H,16,17). The topological polar surface area (TPSA) is 104 Å². The molecule has 0 bridgehead atoms. The zero-order valence-electron chi connectivity index (χ0n) is 10.6. The van der Waals surface area contributed by atoms with Gasteiger partial charge in [-0.05, 0) is 30.7 Å². The summed E-state index contributed by atoms with van der Waals surface area (Å²) in [6.45, 7) is 0.136. The molecule has 0 spiro atoms. The summed E-state index contributed by atoms with van der Waals surface area (Å²) in [5, 5.41) is 11.3. The van der Waals surface area contributed by atoms with E-state index in [1.165, 1.54) is 24.3 Å². The van der Waals surface area contributed by atoms with Crippen LogP contribution in [-0.4, -0.2) is 48.5 Å². The first-order valence-corrected chi connectivity index (χ1v) is 7.60. The molecule has 1 aliphatic rings. The van der Waals surface area contributed by atoms with Gasteiger partial charge in [-0.1, -0.05) is 0 Å². The second-order valence-corrected chi connectivity index (χ2v) is 6.52. The maximum Gasteiger partial charge on any atom is 0.335 e. The van der Waals surface area contributed by atoms with Crippen LogP contribution in [0.3, 0.4) is 0 Å². The maximum atomic E-state index is 11.7. The number of sulfonamides is 1. The predicted molar refractivity (Wildman–Crippen MR) is 72.0 cm³/mol. The van der Waals surface area contributed by atoms with Crippen molar-refractivity contribution in [1.29, 1.82) is 0 Å². The number of carboxylic acid groups (broad SMARTS) is 1. The van der Waals surface area contributed by atoms with Gasteiger partial charge in [0.15, 0.2) is 0 Å². The highest BCUT2D eigenvalue weighted by molar-refractivity contribution is 7.89. The van der Waals surface area contributed by atoms with E-state index in [0.29, 0.717) is 18.7 Å². The van der Waals surface area contributed by atoms with Crippen LogP contribution in [0.1, 0.15) is 16.8 Å². The Hall–Kier alpha value is -1.93. The fraction of sp³-hybridized carbons (Fsp3) is 0.333. The van der Waals surface area contributed by atoms with E-state index in [2.05, 4.69) is 5.32 Å². The van der Waals surface area contributed by atoms with Gasteiger partial charge in [0.25, 0.3) is 0 Å². The second kappa shape index (κ2) is 5.59. The summed E-state index contributed by atoms with van der Waals surface area (Å²) in [6, 6.07) is 5.65. The molecule has 0 saturated carbocycles. The number of nitrogens with one attached hydrogen (secondary N) is 1. The van der Waals surface area contributed by atoms with Gasteiger partial charge in [0.2, 0.25) is 15.9 Å². The Kier molecular flexibility index (Phi) is 4.05. The molecular formula is C12H14N2O5S. The average molecular weight is 298 g/mol. The molecule has 20 heavy (non-hydrogen) atoms. The minimum atomic E-state index is -3.30. The molecule has 0 unspecified atom stereocenters. The number of nitrogens with zero attached hydrogens (tertiary/aromatic N) is 1. The van der Waals surface area contributed by atoms with Crippen molar-refractivity contribution in [2.45, 2.75) is 6.42 Å². The molecule has 1 heterocycles. The van der Waals surface area contributed by atoms with Crippen molar-refractivity contribution >= 4 is 27.6 Å². The van der Waals surface area contributed by atoms with E-state index in [0.717, 1.165) is 4.31 Å². The lowest BCUT2D eigenvalue weighted by Gasteiger charge is -2.13. The normalized spacial score (nSPS) is 17.8. The Morgan fingerprint density at radius 1 is 1.25 bits per heavy atom. The summed E-state index contributed by atoms with van der Waals surface area (Å²) in [7, 11) is -3.30. The summed E-state index contributed by atoms with van der Waals surface area (Å²) >= 11 is 0. The highest BCUT2D eigenvalue weighted by Gasteiger charge is 2.29. The highest BCUT2D eigenvalue weighted by Crippen LogP contribution is 2.14. The van der Waals surface area contributed by atoms with Crippen LogP contribution in [0.25, 0.3) is 0 Å². The van der Waals surface area contributed by atoms with E-state index in [-0.39, 0.29) is 17.9 Å². The first kappa shape index (κ1) is 14.5. The smallest absolute Gasteiger partial charge is 0.335 e. The van der Waals surface area contributed by atoms with Gasteiger partial charge in [-0.2, -0.15) is 4.31 Å². The van der Waals surface area contributed by atoms with Crippen LogP contribution in [-0.2, 0) is 14.8 Å². The Labute approximate surface area is 116 Å². The summed E-state index contributed by atoms with van der Waals surface area (Å²) in [6.07, 6.45) is 0.531. The third-order valence-corrected chi connectivity index (χ3v) is 4.84. The maximum absolute atomic E-state index is 11.7. The van der Waals surface area contributed by atoms with Crippen LogP contribution < -0.4 is 5.32 Å². The molecule has 1 saturated heterocycles. The molecule has 108 valence electrons. The molecule has 0 aromatic heterocycles. The molecule has 0 aliphatic carbocycles. The summed E-state index contributed by atoms with van der Waals surface area (Å²) in [5.74, 6) is -1.42. The fourth-order valence-electron chi connectivity index (χ4n) is 1.93. The van der Waals surface area contributed by atoms with Gasteiger partial charge in [0.1, 0.15) is 0 Å². The summed E-state index contributed by atoms with van der Waals surface area (Å²) in [5.41, 5.74) is 0.543. The minimum absolute atomic E-state index is 0.0770. The molecule has 0 atom stereocenters. The molecular weight excluding hydrogens is 284 g/mol. The number of hydrogen-bond acceptors (Lipinski definition) is 4. The van der Waals surface area contributed by atoms with E-state index in [4.69, 9.17) is 5.11 Å². The van der Waals surface area contributed by atoms with Gasteiger partial charge in [0.05, 0.1) is 17.9 Å². The first-order valence-electron chi connectivity index (χ1n) is 5.99. The molecule has 1 aliphatic heterocycles. The Balaban J connectivity index is 1.96. The van der Waals surface area contributed by atoms with Crippen molar-refractivity contribution in [2.75, 3.05) is 24.2 Å². The average Bonchev–Trinajstić information content (AvgIpc) is 2.69. The van der Waals surface area contributed by atoms with E-state index >= 15 is 0 Å². The number of carboxylic acids is 1. The monoisotopic (exact) mass is 298 g/mol. The van der Waals surface area contributed by atoms with E-state index < -0.39 is 21.9 Å². The lowest BCUT2D eigenvalue weighted by molar-refractivity contribution is -0.116. The largest absolute Gasteiger partial charge is 0.478 e. The van der Waals surface area contributed by atoms with Gasteiger partial charge in [-0.25, -0.2) is 13.2 Å². The number of aromatic carboxylic acids is 1. The predicted octanol–water partition coefficient (Wildman–Crippen LogP) is 0.359. The molecule has 7 nitrogen and oxygen atoms in total.